The summed E-state index contributed by atoms with van der Waals surface area (Å²) in [5.41, 5.74) is 0. The molecule has 0 spiro atoms. The third kappa shape index (κ3) is 2.15. The summed E-state index contributed by atoms with van der Waals surface area (Å²) in [6, 6.07) is 0. The Balaban J connectivity index is 1.73. The van der Waals surface area contributed by atoms with Crippen LogP contribution in [-0.4, -0.2) is 66.2 Å². The molecule has 5 nitrogen and oxygen atoms in total. The van der Waals surface area contributed by atoms with Gasteiger partial charge >= 0.3 is 0 Å². The lowest BCUT2D eigenvalue weighted by atomic mass is 9.77. The Hall–Kier alpha value is -1.07. The molecule has 2 unspecified atom stereocenters. The van der Waals surface area contributed by atoms with Gasteiger partial charge in [0.05, 0.1) is 29.8 Å². The molecule has 2 bridgehead atoms. The van der Waals surface area contributed by atoms with E-state index in [9.17, 15) is 9.90 Å². The average Bonchev–Trinajstić information content (AvgIpc) is 2.98. The molecular formula is C14H22N2O3. The molecule has 0 radical (unpaired) electrons. The van der Waals surface area contributed by atoms with Crippen molar-refractivity contribution in [1.82, 2.24) is 9.80 Å². The van der Waals surface area contributed by atoms with Crippen molar-refractivity contribution < 1.29 is 14.6 Å². The van der Waals surface area contributed by atoms with Gasteiger partial charge in [-0.2, -0.15) is 0 Å². The summed E-state index contributed by atoms with van der Waals surface area (Å²) in [4.78, 5) is 16.8. The van der Waals surface area contributed by atoms with Gasteiger partial charge in [-0.3, -0.25) is 4.79 Å². The molecule has 0 aromatic carbocycles. The second-order valence-electron chi connectivity index (χ2n) is 5.96. The van der Waals surface area contributed by atoms with Gasteiger partial charge in [-0.05, 0) is 19.9 Å². The van der Waals surface area contributed by atoms with Crippen molar-refractivity contribution in [2.75, 3.05) is 33.2 Å². The van der Waals surface area contributed by atoms with Gasteiger partial charge in [0, 0.05) is 26.2 Å². The molecule has 106 valence electrons. The quantitative estimate of drug-likeness (QED) is 0.745. The van der Waals surface area contributed by atoms with Crippen LogP contribution in [-0.2, 0) is 9.53 Å². The van der Waals surface area contributed by atoms with Crippen LogP contribution >= 0.6 is 0 Å². The molecule has 0 aromatic heterocycles. The average molecular weight is 266 g/mol. The predicted octanol–water partition coefficient (Wildman–Crippen LogP) is 0.626. The molecule has 3 aliphatic heterocycles. The first kappa shape index (κ1) is 12.9. The minimum atomic E-state index is -0.223. The largest absolute Gasteiger partial charge is 0.513 e. The number of aliphatic hydroxyl groups is 1. The van der Waals surface area contributed by atoms with Gasteiger partial charge in [-0.15, -0.1) is 0 Å². The number of carbonyl (C=O) groups excluding carboxylic acids is 1. The first-order valence-electron chi connectivity index (χ1n) is 7.08. The lowest BCUT2D eigenvalue weighted by Crippen LogP contribution is -2.51. The monoisotopic (exact) mass is 266 g/mol. The van der Waals surface area contributed by atoms with Crippen LogP contribution in [0.15, 0.2) is 12.3 Å². The molecule has 5 heteroatoms. The number of amides is 1. The van der Waals surface area contributed by atoms with Crippen molar-refractivity contribution in [2.24, 2.45) is 11.8 Å². The smallest absolute Gasteiger partial charge is 0.229 e. The van der Waals surface area contributed by atoms with Crippen LogP contribution in [0, 0.1) is 11.8 Å². The Kier molecular flexibility index (Phi) is 3.27. The number of piperazine rings is 1. The van der Waals surface area contributed by atoms with Gasteiger partial charge < -0.3 is 19.6 Å². The highest BCUT2D eigenvalue weighted by molar-refractivity contribution is 5.81. The third-order valence-corrected chi connectivity index (χ3v) is 4.76. The first-order chi connectivity index (χ1) is 9.08. The fraction of sp³-hybridized carbons (Fsp3) is 0.786. The van der Waals surface area contributed by atoms with Gasteiger partial charge in [0.15, 0.2) is 0 Å². The molecule has 1 amide bonds. The fourth-order valence-electron chi connectivity index (χ4n) is 3.65. The summed E-state index contributed by atoms with van der Waals surface area (Å²) in [5, 5.41) is 9.78. The summed E-state index contributed by atoms with van der Waals surface area (Å²) in [6.45, 7) is 7.02. The molecule has 19 heavy (non-hydrogen) atoms. The number of aliphatic hydroxyl groups excluding tert-OH is 1. The Morgan fingerprint density at radius 1 is 1.16 bits per heavy atom. The molecule has 4 atom stereocenters. The number of hydrogen-bond acceptors (Lipinski definition) is 4. The van der Waals surface area contributed by atoms with E-state index in [1.54, 1.807) is 0 Å². The topological polar surface area (TPSA) is 53.0 Å². The third-order valence-electron chi connectivity index (χ3n) is 4.76. The molecule has 3 saturated heterocycles. The van der Waals surface area contributed by atoms with Gasteiger partial charge in [-0.1, -0.05) is 6.58 Å². The summed E-state index contributed by atoms with van der Waals surface area (Å²) in [7, 11) is 2.07. The zero-order chi connectivity index (χ0) is 13.6. The van der Waals surface area contributed by atoms with E-state index in [1.807, 2.05) is 4.90 Å². The van der Waals surface area contributed by atoms with E-state index in [0.29, 0.717) is 0 Å². The van der Waals surface area contributed by atoms with E-state index < -0.39 is 0 Å². The van der Waals surface area contributed by atoms with Gasteiger partial charge in [-0.25, -0.2) is 0 Å². The van der Waals surface area contributed by atoms with Gasteiger partial charge in [0.25, 0.3) is 0 Å². The van der Waals surface area contributed by atoms with Crippen LogP contribution in [0.3, 0.4) is 0 Å². The second kappa shape index (κ2) is 4.80. The molecule has 3 heterocycles. The molecule has 1 N–H and O–H groups in total. The van der Waals surface area contributed by atoms with Crippen LogP contribution in [0.2, 0.25) is 0 Å². The highest BCUT2D eigenvalue weighted by Gasteiger charge is 2.54. The van der Waals surface area contributed by atoms with Crippen LogP contribution < -0.4 is 0 Å². The highest BCUT2D eigenvalue weighted by atomic mass is 16.5. The Bertz CT molecular complexity index is 390. The van der Waals surface area contributed by atoms with Crippen molar-refractivity contribution in [3.63, 3.8) is 0 Å². The Labute approximate surface area is 113 Å². The normalized spacial score (nSPS) is 38.7. The number of rotatable bonds is 2. The summed E-state index contributed by atoms with van der Waals surface area (Å²) in [5.74, 6) is -0.175. The number of likely N-dealkylation sites (N-methyl/N-ethyl adjacent to an activating group) is 1. The van der Waals surface area contributed by atoms with Crippen molar-refractivity contribution in [2.45, 2.75) is 25.0 Å². The van der Waals surface area contributed by atoms with Crippen LogP contribution in [0.25, 0.3) is 0 Å². The zero-order valence-corrected chi connectivity index (χ0v) is 11.4. The van der Waals surface area contributed by atoms with Crippen molar-refractivity contribution in [3.8, 4) is 0 Å². The minimum absolute atomic E-state index is 0.0103. The van der Waals surface area contributed by atoms with Crippen molar-refractivity contribution in [1.29, 1.82) is 0 Å². The van der Waals surface area contributed by atoms with E-state index in [4.69, 9.17) is 4.74 Å². The van der Waals surface area contributed by atoms with Crippen molar-refractivity contribution >= 4 is 5.91 Å². The van der Waals surface area contributed by atoms with E-state index in [1.165, 1.54) is 0 Å². The number of hydrogen-bond donors (Lipinski definition) is 1. The van der Waals surface area contributed by atoms with Crippen LogP contribution in [0.1, 0.15) is 12.8 Å². The standard InChI is InChI=1S/C14H22N2O3/c1-9(17)12-10-3-4-11(19-10)13(12)14(18)16-7-5-15(2)6-8-16/h10-13,17H,1,3-8H2,2H3/t10-,11+,12?,13?/m1/s1. The molecule has 3 fully saturated rings. The number of ether oxygens (including phenoxy) is 1. The van der Waals surface area contributed by atoms with Crippen molar-refractivity contribution in [3.05, 3.63) is 12.3 Å². The molecule has 0 saturated carbocycles. The predicted molar refractivity (Wildman–Crippen MR) is 70.7 cm³/mol. The van der Waals surface area contributed by atoms with Gasteiger partial charge in [0.1, 0.15) is 0 Å². The summed E-state index contributed by atoms with van der Waals surface area (Å²) in [6.07, 6.45) is 1.83. The van der Waals surface area contributed by atoms with E-state index >= 15 is 0 Å². The Morgan fingerprint density at radius 3 is 2.32 bits per heavy atom. The number of nitrogens with zero attached hydrogens (tertiary/aromatic N) is 2. The van der Waals surface area contributed by atoms with Crippen LogP contribution in [0.5, 0.6) is 0 Å². The second-order valence-corrected chi connectivity index (χ2v) is 5.96. The van der Waals surface area contributed by atoms with Crippen LogP contribution in [0.4, 0.5) is 0 Å². The molecule has 3 aliphatic rings. The Morgan fingerprint density at radius 2 is 1.74 bits per heavy atom. The zero-order valence-electron chi connectivity index (χ0n) is 11.4. The molecular weight excluding hydrogens is 244 g/mol. The SMILES string of the molecule is C=C(O)C1C(C(=O)N2CCN(C)CC2)[C@@H]2CC[C@H]1O2. The number of fused-ring (bicyclic) bond motifs is 2. The maximum absolute atomic E-state index is 12.7. The first-order valence-corrected chi connectivity index (χ1v) is 7.08. The lowest BCUT2D eigenvalue weighted by Gasteiger charge is -2.36. The minimum Gasteiger partial charge on any atom is -0.513 e. The van der Waals surface area contributed by atoms with Gasteiger partial charge in [0.2, 0.25) is 5.91 Å². The maximum atomic E-state index is 12.7. The molecule has 0 aliphatic carbocycles. The summed E-state index contributed by atoms with van der Waals surface area (Å²) < 4.78 is 5.81. The van der Waals surface area contributed by atoms with E-state index in [-0.39, 0.29) is 35.7 Å². The molecule has 0 aromatic rings. The summed E-state index contributed by atoms with van der Waals surface area (Å²) >= 11 is 0. The fourth-order valence-corrected chi connectivity index (χ4v) is 3.65. The number of carbonyl (C=O) groups is 1. The van der Waals surface area contributed by atoms with E-state index in [2.05, 4.69) is 18.5 Å². The maximum Gasteiger partial charge on any atom is 0.229 e. The van der Waals surface area contributed by atoms with E-state index in [0.717, 1.165) is 39.0 Å². The highest BCUT2D eigenvalue weighted by Crippen LogP contribution is 2.46. The molecule has 3 rings (SSSR count). The lowest BCUT2D eigenvalue weighted by molar-refractivity contribution is -0.140.